The Morgan fingerprint density at radius 1 is 0.955 bits per heavy atom. The van der Waals surface area contributed by atoms with E-state index < -0.39 is 6.10 Å². The van der Waals surface area contributed by atoms with Crippen molar-refractivity contribution in [2.75, 3.05) is 13.1 Å². The lowest BCUT2D eigenvalue weighted by molar-refractivity contribution is -0.140. The first kappa shape index (κ1) is 21.4. The van der Waals surface area contributed by atoms with Gasteiger partial charge in [-0.1, -0.05) is 72.1 Å². The zero-order valence-electron chi connectivity index (χ0n) is 15.4. The van der Waals surface area contributed by atoms with Crippen molar-refractivity contribution in [1.29, 1.82) is 0 Å². The van der Waals surface area contributed by atoms with Gasteiger partial charge in [0.1, 0.15) is 6.10 Å². The van der Waals surface area contributed by atoms with Crippen molar-refractivity contribution in [3.63, 3.8) is 0 Å². The fourth-order valence-corrected chi connectivity index (χ4v) is 2.87. The summed E-state index contributed by atoms with van der Waals surface area (Å²) in [5.41, 5.74) is 0. The average Bonchev–Trinajstić information content (AvgIpc) is 2.51. The third-order valence-electron chi connectivity index (χ3n) is 4.47. The normalized spacial score (nSPS) is 13.9. The molecule has 2 atom stereocenters. The van der Waals surface area contributed by atoms with Gasteiger partial charge in [0, 0.05) is 13.1 Å². The van der Waals surface area contributed by atoms with Gasteiger partial charge in [-0.3, -0.25) is 4.79 Å². The number of aliphatic hydroxyl groups is 1. The lowest BCUT2D eigenvalue weighted by Crippen LogP contribution is -2.41. The highest BCUT2D eigenvalue weighted by Crippen LogP contribution is 2.16. The van der Waals surface area contributed by atoms with E-state index in [4.69, 9.17) is 0 Å². The van der Waals surface area contributed by atoms with E-state index in [1.165, 1.54) is 51.4 Å². The van der Waals surface area contributed by atoms with Crippen LogP contribution in [0.2, 0.25) is 0 Å². The molecule has 0 aliphatic heterocycles. The lowest BCUT2D eigenvalue weighted by Gasteiger charge is -2.28. The molecule has 0 aromatic rings. The van der Waals surface area contributed by atoms with Gasteiger partial charge in [-0.25, -0.2) is 0 Å². The summed E-state index contributed by atoms with van der Waals surface area (Å²) in [7, 11) is 0. The van der Waals surface area contributed by atoms with Crippen LogP contribution in [0.4, 0.5) is 0 Å². The number of hydrogen-bond acceptors (Lipinski definition) is 2. The van der Waals surface area contributed by atoms with E-state index in [1.54, 1.807) is 6.92 Å². The number of carbonyl (C=O) groups is 1. The van der Waals surface area contributed by atoms with Crippen molar-refractivity contribution in [2.45, 2.75) is 98.0 Å². The maximum atomic E-state index is 12.2. The Morgan fingerprint density at radius 2 is 1.55 bits per heavy atom. The van der Waals surface area contributed by atoms with Crippen molar-refractivity contribution < 1.29 is 9.90 Å². The van der Waals surface area contributed by atoms with Crippen LogP contribution in [0.5, 0.6) is 0 Å². The Kier molecular flexibility index (Phi) is 13.7. The van der Waals surface area contributed by atoms with Crippen LogP contribution in [0.15, 0.2) is 0 Å². The maximum Gasteiger partial charge on any atom is 0.251 e. The SMILES string of the molecule is CCCCCCCCN(CC(CC)CCCC)C(=O)C(C)O. The molecule has 2 unspecified atom stereocenters. The zero-order valence-corrected chi connectivity index (χ0v) is 15.4. The largest absolute Gasteiger partial charge is 0.384 e. The first-order valence-electron chi connectivity index (χ1n) is 9.53. The second kappa shape index (κ2) is 14.0. The van der Waals surface area contributed by atoms with Gasteiger partial charge >= 0.3 is 0 Å². The third kappa shape index (κ3) is 10.2. The number of nitrogens with zero attached hydrogens (tertiary/aromatic N) is 1. The molecule has 0 radical (unpaired) electrons. The van der Waals surface area contributed by atoms with Crippen molar-refractivity contribution in [1.82, 2.24) is 4.90 Å². The molecule has 0 aliphatic carbocycles. The number of carbonyl (C=O) groups excluding carboxylic acids is 1. The summed E-state index contributed by atoms with van der Waals surface area (Å²) in [5, 5.41) is 9.63. The van der Waals surface area contributed by atoms with Crippen molar-refractivity contribution in [3.05, 3.63) is 0 Å². The summed E-state index contributed by atoms with van der Waals surface area (Å²) >= 11 is 0. The summed E-state index contributed by atoms with van der Waals surface area (Å²) in [6.45, 7) is 9.85. The van der Waals surface area contributed by atoms with E-state index >= 15 is 0 Å². The fourth-order valence-electron chi connectivity index (χ4n) is 2.87. The number of unbranched alkanes of at least 4 members (excludes halogenated alkanes) is 6. The van der Waals surface area contributed by atoms with Crippen molar-refractivity contribution in [2.24, 2.45) is 5.92 Å². The Labute approximate surface area is 138 Å². The highest BCUT2D eigenvalue weighted by Gasteiger charge is 2.21. The first-order chi connectivity index (χ1) is 10.6. The number of hydrogen-bond donors (Lipinski definition) is 1. The summed E-state index contributed by atoms with van der Waals surface area (Å²) < 4.78 is 0. The van der Waals surface area contributed by atoms with Gasteiger partial charge < -0.3 is 10.0 Å². The van der Waals surface area contributed by atoms with Gasteiger partial charge in [-0.15, -0.1) is 0 Å². The molecule has 0 aromatic heterocycles. The minimum Gasteiger partial charge on any atom is -0.384 e. The van der Waals surface area contributed by atoms with E-state index in [2.05, 4.69) is 20.8 Å². The Morgan fingerprint density at radius 3 is 2.09 bits per heavy atom. The quantitative estimate of drug-likeness (QED) is 0.469. The molecule has 0 rings (SSSR count). The molecule has 3 heteroatoms. The molecule has 1 N–H and O–H groups in total. The highest BCUT2D eigenvalue weighted by molar-refractivity contribution is 5.80. The molecule has 0 spiro atoms. The van der Waals surface area contributed by atoms with Crippen LogP contribution >= 0.6 is 0 Å². The predicted octanol–water partition coefficient (Wildman–Crippen LogP) is 4.77. The molecule has 0 bridgehead atoms. The Hall–Kier alpha value is -0.570. The van der Waals surface area contributed by atoms with E-state index in [1.807, 2.05) is 4.90 Å². The van der Waals surface area contributed by atoms with E-state index in [9.17, 15) is 9.90 Å². The van der Waals surface area contributed by atoms with Gasteiger partial charge in [-0.2, -0.15) is 0 Å². The van der Waals surface area contributed by atoms with Gasteiger partial charge in [0.05, 0.1) is 0 Å². The summed E-state index contributed by atoms with van der Waals surface area (Å²) in [6.07, 6.45) is 11.3. The van der Waals surface area contributed by atoms with Crippen LogP contribution in [-0.2, 0) is 4.79 Å². The van der Waals surface area contributed by atoms with E-state index in [-0.39, 0.29) is 5.91 Å². The topological polar surface area (TPSA) is 40.5 Å². The molecule has 3 nitrogen and oxygen atoms in total. The van der Waals surface area contributed by atoms with Gasteiger partial charge in [0.25, 0.3) is 5.91 Å². The van der Waals surface area contributed by atoms with Gasteiger partial charge in [0.15, 0.2) is 0 Å². The standard InChI is InChI=1S/C19H39NO2/c1-5-8-10-11-12-13-15-20(19(22)17(4)21)16-18(7-3)14-9-6-2/h17-18,21H,5-16H2,1-4H3. The Balaban J connectivity index is 4.28. The molecular formula is C19H39NO2. The zero-order chi connectivity index (χ0) is 16.8. The number of amides is 1. The molecule has 0 heterocycles. The smallest absolute Gasteiger partial charge is 0.251 e. The molecule has 1 amide bonds. The van der Waals surface area contributed by atoms with Crippen LogP contribution in [0.25, 0.3) is 0 Å². The number of rotatable bonds is 14. The summed E-state index contributed by atoms with van der Waals surface area (Å²) in [6, 6.07) is 0. The first-order valence-corrected chi connectivity index (χ1v) is 9.53. The Bertz CT molecular complexity index is 266. The highest BCUT2D eigenvalue weighted by atomic mass is 16.3. The van der Waals surface area contributed by atoms with Gasteiger partial charge in [0.2, 0.25) is 0 Å². The second-order valence-electron chi connectivity index (χ2n) is 6.64. The second-order valence-corrected chi connectivity index (χ2v) is 6.64. The molecular weight excluding hydrogens is 274 g/mol. The fraction of sp³-hybridized carbons (Fsp3) is 0.947. The maximum absolute atomic E-state index is 12.2. The molecule has 0 aliphatic rings. The van der Waals surface area contributed by atoms with E-state index in [0.717, 1.165) is 25.9 Å². The monoisotopic (exact) mass is 313 g/mol. The van der Waals surface area contributed by atoms with Crippen molar-refractivity contribution in [3.8, 4) is 0 Å². The molecule has 0 fully saturated rings. The molecule has 22 heavy (non-hydrogen) atoms. The number of aliphatic hydroxyl groups excluding tert-OH is 1. The summed E-state index contributed by atoms with van der Waals surface area (Å²) in [5.74, 6) is 0.478. The van der Waals surface area contributed by atoms with Crippen LogP contribution in [0.3, 0.4) is 0 Å². The van der Waals surface area contributed by atoms with Crippen molar-refractivity contribution >= 4 is 5.91 Å². The predicted molar refractivity (Wildman–Crippen MR) is 94.9 cm³/mol. The van der Waals surface area contributed by atoms with Crippen LogP contribution in [0.1, 0.15) is 91.9 Å². The van der Waals surface area contributed by atoms with Crippen LogP contribution < -0.4 is 0 Å². The summed E-state index contributed by atoms with van der Waals surface area (Å²) in [4.78, 5) is 14.1. The lowest BCUT2D eigenvalue weighted by atomic mass is 9.98. The van der Waals surface area contributed by atoms with Gasteiger partial charge in [-0.05, 0) is 25.7 Å². The average molecular weight is 314 g/mol. The molecule has 0 aromatic carbocycles. The minimum absolute atomic E-state index is 0.0940. The third-order valence-corrected chi connectivity index (χ3v) is 4.47. The minimum atomic E-state index is -0.872. The van der Waals surface area contributed by atoms with E-state index in [0.29, 0.717) is 5.92 Å². The molecule has 132 valence electrons. The molecule has 0 saturated heterocycles. The van der Waals surface area contributed by atoms with Crippen LogP contribution in [0, 0.1) is 5.92 Å². The molecule has 0 saturated carbocycles. The van der Waals surface area contributed by atoms with Crippen LogP contribution in [-0.4, -0.2) is 35.1 Å².